The second-order valence-corrected chi connectivity index (χ2v) is 6.07. The summed E-state index contributed by atoms with van der Waals surface area (Å²) in [6.45, 7) is 1.38. The Morgan fingerprint density at radius 3 is 2.48 bits per heavy atom. The molecule has 1 aromatic carbocycles. The van der Waals surface area contributed by atoms with Gasteiger partial charge < -0.3 is 9.47 Å². The molecule has 1 N–H and O–H groups in total. The van der Waals surface area contributed by atoms with E-state index in [0.717, 1.165) is 0 Å². The van der Waals surface area contributed by atoms with Gasteiger partial charge in [-0.15, -0.1) is 0 Å². The molecular formula is C13H17NO6S. The molecule has 0 fully saturated rings. The van der Waals surface area contributed by atoms with Gasteiger partial charge in [0.15, 0.2) is 0 Å². The average molecular weight is 315 g/mol. The Balaban J connectivity index is 2.85. The van der Waals surface area contributed by atoms with Crippen LogP contribution in [0.25, 0.3) is 0 Å². The fourth-order valence-corrected chi connectivity index (χ4v) is 3.00. The highest BCUT2D eigenvalue weighted by molar-refractivity contribution is 7.88. The van der Waals surface area contributed by atoms with Gasteiger partial charge in [0.05, 0.1) is 25.5 Å². The van der Waals surface area contributed by atoms with Crippen molar-refractivity contribution in [3.05, 3.63) is 35.4 Å². The summed E-state index contributed by atoms with van der Waals surface area (Å²) in [5, 5.41) is 0. The summed E-state index contributed by atoms with van der Waals surface area (Å²) in [6.07, 6.45) is 0. The van der Waals surface area contributed by atoms with E-state index >= 15 is 0 Å². The summed E-state index contributed by atoms with van der Waals surface area (Å²) in [6, 6.07) is 5.08. The number of rotatable bonds is 6. The molecule has 8 heteroatoms. The highest BCUT2D eigenvalue weighted by Gasteiger charge is 2.21. The predicted octanol–water partition coefficient (Wildman–Crippen LogP) is 0.454. The lowest BCUT2D eigenvalue weighted by atomic mass is 10.1. The molecule has 1 atom stereocenters. The Hall–Kier alpha value is -1.93. The van der Waals surface area contributed by atoms with E-state index in [1.54, 1.807) is 12.1 Å². The standard InChI is InChI=1S/C13H17NO6S/c1-9(12(15)19-2)14-21(17,18)8-10-5-4-6-11(7-10)13(16)20-3/h4-7,9,14H,8H2,1-3H3. The van der Waals surface area contributed by atoms with Crippen LogP contribution in [0.2, 0.25) is 0 Å². The van der Waals surface area contributed by atoms with Gasteiger partial charge in [0.1, 0.15) is 6.04 Å². The van der Waals surface area contributed by atoms with Crippen LogP contribution in [0.3, 0.4) is 0 Å². The maximum absolute atomic E-state index is 11.9. The van der Waals surface area contributed by atoms with Gasteiger partial charge in [0.2, 0.25) is 10.0 Å². The van der Waals surface area contributed by atoms with Gasteiger partial charge in [-0.2, -0.15) is 0 Å². The molecule has 0 aromatic heterocycles. The van der Waals surface area contributed by atoms with Crippen LogP contribution in [0.1, 0.15) is 22.8 Å². The quantitative estimate of drug-likeness (QED) is 0.765. The third kappa shape index (κ3) is 5.16. The summed E-state index contributed by atoms with van der Waals surface area (Å²) < 4.78 is 35.1. The van der Waals surface area contributed by atoms with Crippen molar-refractivity contribution < 1.29 is 27.5 Å². The first kappa shape index (κ1) is 17.1. The fourth-order valence-electron chi connectivity index (χ4n) is 1.66. The SMILES string of the molecule is COC(=O)c1cccc(CS(=O)(=O)NC(C)C(=O)OC)c1. The molecule has 0 saturated heterocycles. The number of carbonyl (C=O) groups is 2. The Labute approximate surface area is 123 Å². The van der Waals surface area contributed by atoms with Gasteiger partial charge in [-0.25, -0.2) is 17.9 Å². The van der Waals surface area contributed by atoms with E-state index in [9.17, 15) is 18.0 Å². The van der Waals surface area contributed by atoms with E-state index in [-0.39, 0.29) is 11.3 Å². The van der Waals surface area contributed by atoms with Gasteiger partial charge >= 0.3 is 11.9 Å². The Morgan fingerprint density at radius 1 is 1.24 bits per heavy atom. The monoisotopic (exact) mass is 315 g/mol. The molecule has 0 saturated carbocycles. The smallest absolute Gasteiger partial charge is 0.337 e. The second-order valence-electron chi connectivity index (χ2n) is 4.31. The lowest BCUT2D eigenvalue weighted by Gasteiger charge is -2.12. The van der Waals surface area contributed by atoms with Crippen LogP contribution < -0.4 is 4.72 Å². The first-order valence-corrected chi connectivity index (χ1v) is 7.69. The van der Waals surface area contributed by atoms with Crippen molar-refractivity contribution in [1.29, 1.82) is 0 Å². The zero-order valence-electron chi connectivity index (χ0n) is 12.0. The van der Waals surface area contributed by atoms with E-state index < -0.39 is 28.0 Å². The number of sulfonamides is 1. The number of hydrogen-bond donors (Lipinski definition) is 1. The van der Waals surface area contributed by atoms with E-state index in [4.69, 9.17) is 0 Å². The van der Waals surface area contributed by atoms with Crippen LogP contribution in [-0.2, 0) is 30.0 Å². The van der Waals surface area contributed by atoms with Gasteiger partial charge in [0, 0.05) is 0 Å². The molecule has 1 rings (SSSR count). The fraction of sp³-hybridized carbons (Fsp3) is 0.385. The van der Waals surface area contributed by atoms with Crippen molar-refractivity contribution in [2.24, 2.45) is 0 Å². The molecule has 0 aliphatic carbocycles. The molecule has 21 heavy (non-hydrogen) atoms. The molecule has 0 spiro atoms. The maximum Gasteiger partial charge on any atom is 0.337 e. The minimum Gasteiger partial charge on any atom is -0.468 e. The van der Waals surface area contributed by atoms with Crippen molar-refractivity contribution in [3.8, 4) is 0 Å². The number of nitrogens with one attached hydrogen (secondary N) is 1. The molecule has 0 aliphatic rings. The average Bonchev–Trinajstić information content (AvgIpc) is 2.44. The van der Waals surface area contributed by atoms with Crippen LogP contribution in [-0.4, -0.2) is 40.6 Å². The molecule has 0 heterocycles. The first-order valence-electron chi connectivity index (χ1n) is 6.04. The van der Waals surface area contributed by atoms with Crippen molar-refractivity contribution in [2.75, 3.05) is 14.2 Å². The van der Waals surface area contributed by atoms with Crippen molar-refractivity contribution in [2.45, 2.75) is 18.7 Å². The number of esters is 2. The van der Waals surface area contributed by atoms with Crippen LogP contribution >= 0.6 is 0 Å². The molecule has 7 nitrogen and oxygen atoms in total. The van der Waals surface area contributed by atoms with Gasteiger partial charge in [-0.05, 0) is 24.6 Å². The van der Waals surface area contributed by atoms with Crippen LogP contribution in [0.4, 0.5) is 0 Å². The number of ether oxygens (including phenoxy) is 2. The minimum absolute atomic E-state index is 0.256. The van der Waals surface area contributed by atoms with Crippen molar-refractivity contribution in [3.63, 3.8) is 0 Å². The lowest BCUT2D eigenvalue weighted by Crippen LogP contribution is -2.39. The van der Waals surface area contributed by atoms with Crippen molar-refractivity contribution >= 4 is 22.0 Å². The zero-order valence-corrected chi connectivity index (χ0v) is 12.8. The molecular weight excluding hydrogens is 298 g/mol. The summed E-state index contributed by atoms with van der Waals surface area (Å²) >= 11 is 0. The summed E-state index contributed by atoms with van der Waals surface area (Å²) in [7, 11) is -1.33. The molecule has 1 aromatic rings. The van der Waals surface area contributed by atoms with Gasteiger partial charge in [-0.1, -0.05) is 12.1 Å². The zero-order chi connectivity index (χ0) is 16.0. The van der Waals surface area contributed by atoms with E-state index in [1.807, 2.05) is 0 Å². The number of carbonyl (C=O) groups excluding carboxylic acids is 2. The van der Waals surface area contributed by atoms with Gasteiger partial charge in [0.25, 0.3) is 0 Å². The summed E-state index contributed by atoms with van der Waals surface area (Å²) in [4.78, 5) is 22.6. The predicted molar refractivity (Wildman–Crippen MR) is 75.0 cm³/mol. The third-order valence-electron chi connectivity index (χ3n) is 2.62. The third-order valence-corrected chi connectivity index (χ3v) is 4.04. The normalized spacial score (nSPS) is 12.5. The lowest BCUT2D eigenvalue weighted by molar-refractivity contribution is -0.142. The molecule has 1 unspecified atom stereocenters. The summed E-state index contributed by atoms with van der Waals surface area (Å²) in [5.74, 6) is -1.59. The van der Waals surface area contributed by atoms with Crippen molar-refractivity contribution in [1.82, 2.24) is 4.72 Å². The van der Waals surface area contributed by atoms with Crippen LogP contribution in [0.5, 0.6) is 0 Å². The number of benzene rings is 1. The molecule has 116 valence electrons. The van der Waals surface area contributed by atoms with Crippen LogP contribution in [0, 0.1) is 0 Å². The summed E-state index contributed by atoms with van der Waals surface area (Å²) in [5.41, 5.74) is 0.661. The Bertz CT molecular complexity index is 625. The van der Waals surface area contributed by atoms with E-state index in [0.29, 0.717) is 5.56 Å². The largest absolute Gasteiger partial charge is 0.468 e. The molecule has 0 aliphatic heterocycles. The highest BCUT2D eigenvalue weighted by atomic mass is 32.2. The highest BCUT2D eigenvalue weighted by Crippen LogP contribution is 2.10. The van der Waals surface area contributed by atoms with E-state index in [2.05, 4.69) is 14.2 Å². The Kier molecular flexibility index (Phi) is 5.86. The Morgan fingerprint density at radius 2 is 1.90 bits per heavy atom. The molecule has 0 radical (unpaired) electrons. The van der Waals surface area contributed by atoms with Crippen LogP contribution in [0.15, 0.2) is 24.3 Å². The number of hydrogen-bond acceptors (Lipinski definition) is 6. The molecule has 0 amide bonds. The van der Waals surface area contributed by atoms with Gasteiger partial charge in [-0.3, -0.25) is 4.79 Å². The number of methoxy groups -OCH3 is 2. The molecule has 0 bridgehead atoms. The topological polar surface area (TPSA) is 98.8 Å². The second kappa shape index (κ2) is 7.19. The first-order chi connectivity index (χ1) is 9.79. The van der Waals surface area contributed by atoms with E-state index in [1.165, 1.54) is 33.3 Å². The minimum atomic E-state index is -3.74. The maximum atomic E-state index is 11.9.